The van der Waals surface area contributed by atoms with Crippen LogP contribution in [0.5, 0.6) is 0 Å². The molecule has 0 amide bonds. The molecule has 0 radical (unpaired) electrons. The maximum atomic E-state index is 4.10. The van der Waals surface area contributed by atoms with Crippen LogP contribution in [0.15, 0.2) is 60.9 Å². The molecule has 20 heavy (non-hydrogen) atoms. The second-order valence-electron chi connectivity index (χ2n) is 4.68. The van der Waals surface area contributed by atoms with E-state index < -0.39 is 0 Å². The zero-order chi connectivity index (χ0) is 13.8. The van der Waals surface area contributed by atoms with Crippen molar-refractivity contribution in [2.75, 3.05) is 5.32 Å². The van der Waals surface area contributed by atoms with E-state index in [0.717, 1.165) is 23.6 Å². The van der Waals surface area contributed by atoms with Crippen LogP contribution in [0.4, 0.5) is 5.69 Å². The molecule has 0 saturated heterocycles. The number of anilines is 1. The van der Waals surface area contributed by atoms with Crippen molar-refractivity contribution in [3.05, 3.63) is 66.5 Å². The molecule has 0 fully saturated rings. The minimum Gasteiger partial charge on any atom is -0.381 e. The summed E-state index contributed by atoms with van der Waals surface area (Å²) in [6.07, 6.45) is 1.71. The fourth-order valence-electron chi connectivity index (χ4n) is 2.08. The summed E-state index contributed by atoms with van der Waals surface area (Å²) in [7, 11) is 1.94. The Labute approximate surface area is 118 Å². The van der Waals surface area contributed by atoms with Crippen molar-refractivity contribution in [2.24, 2.45) is 7.05 Å². The van der Waals surface area contributed by atoms with Gasteiger partial charge in [-0.15, -0.1) is 10.2 Å². The second-order valence-corrected chi connectivity index (χ2v) is 4.68. The first-order chi connectivity index (χ1) is 9.83. The lowest BCUT2D eigenvalue weighted by Crippen LogP contribution is -1.99. The molecular weight excluding hydrogens is 248 g/mol. The van der Waals surface area contributed by atoms with Crippen LogP contribution in [-0.2, 0) is 13.6 Å². The average Bonchev–Trinajstić information content (AvgIpc) is 2.93. The van der Waals surface area contributed by atoms with Gasteiger partial charge in [0, 0.05) is 24.8 Å². The number of rotatable bonds is 4. The summed E-state index contributed by atoms with van der Waals surface area (Å²) in [6, 6.07) is 18.6. The monoisotopic (exact) mass is 264 g/mol. The molecular formula is C16H16N4. The lowest BCUT2D eigenvalue weighted by atomic mass is 10.2. The first-order valence-electron chi connectivity index (χ1n) is 6.55. The van der Waals surface area contributed by atoms with Crippen LogP contribution in [0.2, 0.25) is 0 Å². The molecule has 3 aromatic rings. The van der Waals surface area contributed by atoms with E-state index in [0.29, 0.717) is 0 Å². The van der Waals surface area contributed by atoms with Gasteiger partial charge in [0.25, 0.3) is 0 Å². The van der Waals surface area contributed by atoms with Gasteiger partial charge in [0.2, 0.25) is 0 Å². The lowest BCUT2D eigenvalue weighted by molar-refractivity contribution is 0.920. The van der Waals surface area contributed by atoms with Crippen LogP contribution >= 0.6 is 0 Å². The smallest absolute Gasteiger partial charge is 0.163 e. The van der Waals surface area contributed by atoms with Gasteiger partial charge in [0.05, 0.1) is 0 Å². The van der Waals surface area contributed by atoms with Crippen LogP contribution in [0.1, 0.15) is 5.56 Å². The van der Waals surface area contributed by atoms with E-state index in [1.807, 2.05) is 29.8 Å². The standard InChI is InChI=1S/C16H16N4/c1-20-12-18-19-16(20)14-7-9-15(10-8-14)17-11-13-5-3-2-4-6-13/h2-10,12,17H,11H2,1H3. The van der Waals surface area contributed by atoms with Gasteiger partial charge in [-0.05, 0) is 29.8 Å². The van der Waals surface area contributed by atoms with Crippen molar-refractivity contribution in [3.63, 3.8) is 0 Å². The minimum absolute atomic E-state index is 0.824. The highest BCUT2D eigenvalue weighted by molar-refractivity contribution is 5.59. The van der Waals surface area contributed by atoms with Crippen LogP contribution in [0, 0.1) is 0 Å². The molecule has 0 unspecified atom stereocenters. The maximum absolute atomic E-state index is 4.10. The summed E-state index contributed by atoms with van der Waals surface area (Å²) >= 11 is 0. The van der Waals surface area contributed by atoms with Crippen molar-refractivity contribution in [2.45, 2.75) is 6.54 Å². The normalized spacial score (nSPS) is 10.4. The molecule has 100 valence electrons. The fourth-order valence-corrected chi connectivity index (χ4v) is 2.08. The Morgan fingerprint density at radius 2 is 1.75 bits per heavy atom. The van der Waals surface area contributed by atoms with Crippen molar-refractivity contribution in [1.82, 2.24) is 14.8 Å². The average molecular weight is 264 g/mol. The number of hydrogen-bond donors (Lipinski definition) is 1. The van der Waals surface area contributed by atoms with Crippen molar-refractivity contribution >= 4 is 5.69 Å². The molecule has 2 aromatic carbocycles. The molecule has 1 N–H and O–H groups in total. The third-order valence-electron chi connectivity index (χ3n) is 3.19. The molecule has 3 rings (SSSR count). The Balaban J connectivity index is 1.69. The molecule has 1 aromatic heterocycles. The first-order valence-corrected chi connectivity index (χ1v) is 6.55. The Hall–Kier alpha value is -2.62. The maximum Gasteiger partial charge on any atom is 0.163 e. The van der Waals surface area contributed by atoms with Crippen LogP contribution in [-0.4, -0.2) is 14.8 Å². The molecule has 0 aliphatic heterocycles. The van der Waals surface area contributed by atoms with E-state index in [2.05, 4.69) is 51.9 Å². The number of nitrogens with zero attached hydrogens (tertiary/aromatic N) is 3. The van der Waals surface area contributed by atoms with Crippen molar-refractivity contribution < 1.29 is 0 Å². The highest BCUT2D eigenvalue weighted by Gasteiger charge is 2.03. The molecule has 0 aliphatic rings. The molecule has 1 heterocycles. The van der Waals surface area contributed by atoms with E-state index in [1.165, 1.54) is 5.56 Å². The fraction of sp³-hybridized carbons (Fsp3) is 0.125. The van der Waals surface area contributed by atoms with E-state index in [9.17, 15) is 0 Å². The summed E-state index contributed by atoms with van der Waals surface area (Å²) in [6.45, 7) is 0.824. The summed E-state index contributed by atoms with van der Waals surface area (Å²) in [5.41, 5.74) is 3.43. The number of aryl methyl sites for hydroxylation is 1. The summed E-state index contributed by atoms with van der Waals surface area (Å²) in [4.78, 5) is 0. The molecule has 0 spiro atoms. The topological polar surface area (TPSA) is 42.7 Å². The molecule has 0 saturated carbocycles. The SMILES string of the molecule is Cn1cnnc1-c1ccc(NCc2ccccc2)cc1. The van der Waals surface area contributed by atoms with Crippen molar-refractivity contribution in [1.29, 1.82) is 0 Å². The van der Waals surface area contributed by atoms with Gasteiger partial charge in [0.1, 0.15) is 6.33 Å². The summed E-state index contributed by atoms with van der Waals surface area (Å²) in [5, 5.41) is 11.4. The zero-order valence-electron chi connectivity index (χ0n) is 11.3. The number of nitrogens with one attached hydrogen (secondary N) is 1. The Morgan fingerprint density at radius 1 is 1.00 bits per heavy atom. The van der Waals surface area contributed by atoms with Crippen LogP contribution < -0.4 is 5.32 Å². The largest absolute Gasteiger partial charge is 0.381 e. The van der Waals surface area contributed by atoms with Gasteiger partial charge in [-0.25, -0.2) is 0 Å². The zero-order valence-corrected chi connectivity index (χ0v) is 11.3. The third kappa shape index (κ3) is 2.69. The van der Waals surface area contributed by atoms with E-state index in [1.54, 1.807) is 6.33 Å². The van der Waals surface area contributed by atoms with Gasteiger partial charge in [-0.3, -0.25) is 0 Å². The lowest BCUT2D eigenvalue weighted by Gasteiger charge is -2.07. The number of benzene rings is 2. The van der Waals surface area contributed by atoms with E-state index >= 15 is 0 Å². The Morgan fingerprint density at radius 3 is 2.40 bits per heavy atom. The molecule has 0 atom stereocenters. The summed E-state index contributed by atoms with van der Waals surface area (Å²) < 4.78 is 1.91. The predicted molar refractivity (Wildman–Crippen MR) is 80.2 cm³/mol. The van der Waals surface area contributed by atoms with Gasteiger partial charge < -0.3 is 9.88 Å². The third-order valence-corrected chi connectivity index (χ3v) is 3.19. The van der Waals surface area contributed by atoms with E-state index in [4.69, 9.17) is 0 Å². The van der Waals surface area contributed by atoms with Gasteiger partial charge >= 0.3 is 0 Å². The highest BCUT2D eigenvalue weighted by atomic mass is 15.2. The second kappa shape index (κ2) is 5.57. The van der Waals surface area contributed by atoms with Crippen LogP contribution in [0.25, 0.3) is 11.4 Å². The Bertz CT molecular complexity index is 671. The molecule has 0 bridgehead atoms. The highest BCUT2D eigenvalue weighted by Crippen LogP contribution is 2.19. The quantitative estimate of drug-likeness (QED) is 0.787. The molecule has 0 aliphatic carbocycles. The number of aromatic nitrogens is 3. The molecule has 4 heteroatoms. The summed E-state index contributed by atoms with van der Waals surface area (Å²) in [5.74, 6) is 0.875. The van der Waals surface area contributed by atoms with E-state index in [-0.39, 0.29) is 0 Å². The van der Waals surface area contributed by atoms with Gasteiger partial charge in [-0.1, -0.05) is 30.3 Å². The van der Waals surface area contributed by atoms with Gasteiger partial charge in [-0.2, -0.15) is 0 Å². The van der Waals surface area contributed by atoms with Crippen molar-refractivity contribution in [3.8, 4) is 11.4 Å². The van der Waals surface area contributed by atoms with Gasteiger partial charge in [0.15, 0.2) is 5.82 Å². The first kappa shape index (κ1) is 12.4. The predicted octanol–water partition coefficient (Wildman–Crippen LogP) is 3.09. The molecule has 4 nitrogen and oxygen atoms in total. The minimum atomic E-state index is 0.824. The number of hydrogen-bond acceptors (Lipinski definition) is 3. The van der Waals surface area contributed by atoms with Crippen LogP contribution in [0.3, 0.4) is 0 Å². The Kier molecular flexibility index (Phi) is 3.46.